The van der Waals surface area contributed by atoms with E-state index in [-0.39, 0.29) is 5.91 Å². The lowest BCUT2D eigenvalue weighted by atomic mass is 10.2. The molecule has 0 fully saturated rings. The molecule has 0 aliphatic rings. The van der Waals surface area contributed by atoms with Gasteiger partial charge in [0.05, 0.1) is 28.5 Å². The highest BCUT2D eigenvalue weighted by Gasteiger charge is 2.15. The van der Waals surface area contributed by atoms with Crippen molar-refractivity contribution < 1.29 is 4.79 Å². The summed E-state index contributed by atoms with van der Waals surface area (Å²) in [5, 5.41) is 15.2. The van der Waals surface area contributed by atoms with Crippen LogP contribution in [0.25, 0.3) is 5.69 Å². The van der Waals surface area contributed by atoms with Crippen LogP contribution in [0.5, 0.6) is 0 Å². The van der Waals surface area contributed by atoms with E-state index in [1.807, 2.05) is 49.7 Å². The van der Waals surface area contributed by atoms with Gasteiger partial charge in [0.15, 0.2) is 4.34 Å². The highest BCUT2D eigenvalue weighted by Crippen LogP contribution is 2.24. The molecule has 0 radical (unpaired) electrons. The number of anilines is 1. The van der Waals surface area contributed by atoms with Crippen LogP contribution in [0.2, 0.25) is 0 Å². The van der Waals surface area contributed by atoms with E-state index in [0.29, 0.717) is 5.75 Å². The Hall–Kier alpha value is -2.19. The van der Waals surface area contributed by atoms with Crippen molar-refractivity contribution in [3.05, 3.63) is 46.7 Å². The van der Waals surface area contributed by atoms with Crippen LogP contribution < -0.4 is 5.32 Å². The van der Waals surface area contributed by atoms with Crippen LogP contribution in [0, 0.1) is 20.8 Å². The maximum atomic E-state index is 12.2. The van der Waals surface area contributed by atoms with Gasteiger partial charge in [0.25, 0.3) is 0 Å². The minimum absolute atomic E-state index is 0.0788. The molecule has 24 heavy (non-hydrogen) atoms. The topological polar surface area (TPSA) is 72.7 Å². The molecule has 1 aromatic carbocycles. The normalized spacial score (nSPS) is 10.8. The van der Waals surface area contributed by atoms with Crippen LogP contribution in [0.3, 0.4) is 0 Å². The van der Waals surface area contributed by atoms with Crippen LogP contribution in [-0.4, -0.2) is 31.6 Å². The van der Waals surface area contributed by atoms with Crippen molar-refractivity contribution in [1.29, 1.82) is 0 Å². The standard InChI is InChI=1S/C16H17N5OS2/c1-10-4-6-13(7-5-10)21-12(3)15(11(2)20-21)18-14(22)8-23-16-19-17-9-24-16/h4-7,9H,8H2,1-3H3,(H,18,22). The molecule has 2 heterocycles. The maximum Gasteiger partial charge on any atom is 0.234 e. The number of hydrogen-bond acceptors (Lipinski definition) is 6. The van der Waals surface area contributed by atoms with E-state index in [1.165, 1.54) is 28.7 Å². The fourth-order valence-corrected chi connectivity index (χ4v) is 3.58. The van der Waals surface area contributed by atoms with Crippen LogP contribution in [0.15, 0.2) is 34.1 Å². The van der Waals surface area contributed by atoms with E-state index in [0.717, 1.165) is 27.1 Å². The van der Waals surface area contributed by atoms with Gasteiger partial charge in [-0.3, -0.25) is 4.79 Å². The quantitative estimate of drug-likeness (QED) is 0.707. The van der Waals surface area contributed by atoms with Gasteiger partial charge in [0, 0.05) is 0 Å². The first-order valence-electron chi connectivity index (χ1n) is 7.36. The fraction of sp³-hybridized carbons (Fsp3) is 0.250. The molecule has 8 heteroatoms. The predicted molar refractivity (Wildman–Crippen MR) is 97.0 cm³/mol. The second-order valence-corrected chi connectivity index (χ2v) is 7.39. The summed E-state index contributed by atoms with van der Waals surface area (Å²) < 4.78 is 2.64. The van der Waals surface area contributed by atoms with Gasteiger partial charge < -0.3 is 5.32 Å². The third-order valence-corrected chi connectivity index (χ3v) is 5.36. The molecular weight excluding hydrogens is 342 g/mol. The van der Waals surface area contributed by atoms with Gasteiger partial charge in [0.2, 0.25) is 5.91 Å². The Kier molecular flexibility index (Phi) is 4.96. The fourth-order valence-electron chi connectivity index (χ4n) is 2.29. The number of amides is 1. The lowest BCUT2D eigenvalue weighted by molar-refractivity contribution is -0.113. The van der Waals surface area contributed by atoms with Crippen LogP contribution in [-0.2, 0) is 4.79 Å². The second-order valence-electron chi connectivity index (χ2n) is 5.33. The SMILES string of the molecule is Cc1ccc(-n2nc(C)c(NC(=O)CSc3nncs3)c2C)cc1. The maximum absolute atomic E-state index is 12.2. The molecule has 0 saturated carbocycles. The molecule has 0 aliphatic heterocycles. The minimum atomic E-state index is -0.0788. The summed E-state index contributed by atoms with van der Waals surface area (Å²) in [5.41, 5.74) is 6.29. The van der Waals surface area contributed by atoms with Crippen molar-refractivity contribution in [2.24, 2.45) is 0 Å². The zero-order valence-electron chi connectivity index (χ0n) is 13.6. The molecule has 2 aromatic heterocycles. The Labute approximate surface area is 148 Å². The number of aromatic nitrogens is 4. The lowest BCUT2D eigenvalue weighted by Crippen LogP contribution is -2.15. The largest absolute Gasteiger partial charge is 0.322 e. The average molecular weight is 359 g/mol. The molecule has 1 amide bonds. The lowest BCUT2D eigenvalue weighted by Gasteiger charge is -2.07. The number of nitrogens with one attached hydrogen (secondary N) is 1. The molecule has 3 aromatic rings. The summed E-state index contributed by atoms with van der Waals surface area (Å²) in [6.45, 7) is 5.89. The van der Waals surface area contributed by atoms with E-state index >= 15 is 0 Å². The van der Waals surface area contributed by atoms with Crippen LogP contribution in [0.1, 0.15) is 17.0 Å². The zero-order valence-corrected chi connectivity index (χ0v) is 15.2. The number of carbonyl (C=O) groups excluding carboxylic acids is 1. The van der Waals surface area contributed by atoms with Crippen molar-refractivity contribution in [1.82, 2.24) is 20.0 Å². The average Bonchev–Trinajstić information content (AvgIpc) is 3.17. The van der Waals surface area contributed by atoms with Crippen molar-refractivity contribution >= 4 is 34.7 Å². The predicted octanol–water partition coefficient (Wildman–Crippen LogP) is 3.38. The Balaban J connectivity index is 1.74. The van der Waals surface area contributed by atoms with Gasteiger partial charge >= 0.3 is 0 Å². The Morgan fingerprint density at radius 2 is 2.00 bits per heavy atom. The molecule has 0 unspecified atom stereocenters. The molecule has 6 nitrogen and oxygen atoms in total. The number of benzene rings is 1. The van der Waals surface area contributed by atoms with Crippen molar-refractivity contribution in [2.45, 2.75) is 25.1 Å². The molecule has 3 rings (SSSR count). The van der Waals surface area contributed by atoms with E-state index < -0.39 is 0 Å². The number of nitrogens with zero attached hydrogens (tertiary/aromatic N) is 4. The van der Waals surface area contributed by atoms with E-state index in [9.17, 15) is 4.79 Å². The molecule has 0 spiro atoms. The molecule has 0 atom stereocenters. The summed E-state index contributed by atoms with van der Waals surface area (Å²) in [5.74, 6) is 0.217. The van der Waals surface area contributed by atoms with E-state index in [2.05, 4.69) is 20.6 Å². The zero-order chi connectivity index (χ0) is 17.1. The van der Waals surface area contributed by atoms with E-state index in [4.69, 9.17) is 0 Å². The van der Waals surface area contributed by atoms with Gasteiger partial charge in [0.1, 0.15) is 5.51 Å². The summed E-state index contributed by atoms with van der Waals surface area (Å²) in [6.07, 6.45) is 0. The van der Waals surface area contributed by atoms with Gasteiger partial charge in [-0.05, 0) is 32.9 Å². The Bertz CT molecular complexity index is 840. The Morgan fingerprint density at radius 1 is 1.25 bits per heavy atom. The molecule has 0 saturated heterocycles. The Morgan fingerprint density at radius 3 is 2.67 bits per heavy atom. The monoisotopic (exact) mass is 359 g/mol. The highest BCUT2D eigenvalue weighted by molar-refractivity contribution is 8.01. The highest BCUT2D eigenvalue weighted by atomic mass is 32.2. The smallest absolute Gasteiger partial charge is 0.234 e. The first kappa shape index (κ1) is 16.7. The van der Waals surface area contributed by atoms with Crippen LogP contribution in [0.4, 0.5) is 5.69 Å². The van der Waals surface area contributed by atoms with Crippen molar-refractivity contribution in [3.63, 3.8) is 0 Å². The summed E-state index contributed by atoms with van der Waals surface area (Å²) in [4.78, 5) is 12.2. The van der Waals surface area contributed by atoms with Crippen LogP contribution >= 0.6 is 23.1 Å². The number of hydrogen-bond donors (Lipinski definition) is 1. The number of thioether (sulfide) groups is 1. The molecule has 0 aliphatic carbocycles. The molecule has 0 bridgehead atoms. The van der Waals surface area contributed by atoms with Crippen molar-refractivity contribution in [3.8, 4) is 5.69 Å². The second kappa shape index (κ2) is 7.14. The van der Waals surface area contributed by atoms with Crippen molar-refractivity contribution in [2.75, 3.05) is 11.1 Å². The number of aryl methyl sites for hydroxylation is 2. The first-order chi connectivity index (χ1) is 11.5. The molecule has 1 N–H and O–H groups in total. The minimum Gasteiger partial charge on any atom is -0.322 e. The van der Waals surface area contributed by atoms with Gasteiger partial charge in [-0.25, -0.2) is 4.68 Å². The summed E-state index contributed by atoms with van der Waals surface area (Å²) in [6, 6.07) is 8.13. The number of rotatable bonds is 5. The van der Waals surface area contributed by atoms with Gasteiger partial charge in [-0.15, -0.1) is 10.2 Å². The third-order valence-electron chi connectivity index (χ3n) is 3.50. The summed E-state index contributed by atoms with van der Waals surface area (Å²) >= 11 is 2.80. The molecular formula is C16H17N5OS2. The number of carbonyl (C=O) groups is 1. The first-order valence-corrected chi connectivity index (χ1v) is 9.23. The third kappa shape index (κ3) is 3.65. The molecule has 124 valence electrons. The van der Waals surface area contributed by atoms with Gasteiger partial charge in [-0.1, -0.05) is 40.8 Å². The van der Waals surface area contributed by atoms with E-state index in [1.54, 1.807) is 5.51 Å². The van der Waals surface area contributed by atoms with Gasteiger partial charge in [-0.2, -0.15) is 5.10 Å². The summed E-state index contributed by atoms with van der Waals surface area (Å²) in [7, 11) is 0.